The molecule has 22 heavy (non-hydrogen) atoms. The molecule has 2 rings (SSSR count). The van der Waals surface area contributed by atoms with Crippen LogP contribution in [0.25, 0.3) is 0 Å². The molecule has 1 N–H and O–H groups in total. The summed E-state index contributed by atoms with van der Waals surface area (Å²) in [6, 6.07) is 5.28. The Hall–Kier alpha value is -1.59. The highest BCUT2D eigenvalue weighted by atomic mass is 35.5. The van der Waals surface area contributed by atoms with Crippen LogP contribution in [0.4, 0.5) is 0 Å². The molecule has 1 aliphatic rings. The number of benzene rings is 1. The van der Waals surface area contributed by atoms with E-state index >= 15 is 0 Å². The van der Waals surface area contributed by atoms with Gasteiger partial charge < -0.3 is 14.7 Å². The summed E-state index contributed by atoms with van der Waals surface area (Å²) in [5, 5.41) is 9.30. The van der Waals surface area contributed by atoms with Gasteiger partial charge in [0, 0.05) is 19.7 Å². The molecule has 0 radical (unpaired) electrons. The number of nitrogens with zero attached hydrogens (tertiary/aromatic N) is 1. The molecule has 1 unspecified atom stereocenters. The van der Waals surface area contributed by atoms with Crippen molar-refractivity contribution in [2.24, 2.45) is 0 Å². The number of carboxylic acids is 1. The molecular formula is C16H20ClNO4. The first-order valence-electron chi connectivity index (χ1n) is 7.37. The standard InChI is InChI=1S/C16H20ClNO4/c1-11-4-2-6-13(15(11)17)16(21)18(8-7-14(19)20)10-12-5-3-9-22-12/h2,4,6,12H,3,5,7-10H2,1H3,(H,19,20). The van der Waals surface area contributed by atoms with Crippen LogP contribution in [-0.4, -0.2) is 47.7 Å². The van der Waals surface area contributed by atoms with Crippen LogP contribution < -0.4 is 0 Å². The van der Waals surface area contributed by atoms with Gasteiger partial charge in [-0.1, -0.05) is 23.7 Å². The van der Waals surface area contributed by atoms with Crippen LogP contribution in [0.15, 0.2) is 18.2 Å². The molecule has 1 saturated heterocycles. The van der Waals surface area contributed by atoms with E-state index in [2.05, 4.69) is 0 Å². The Morgan fingerprint density at radius 3 is 2.86 bits per heavy atom. The van der Waals surface area contributed by atoms with Crippen molar-refractivity contribution < 1.29 is 19.4 Å². The van der Waals surface area contributed by atoms with E-state index in [9.17, 15) is 9.59 Å². The minimum absolute atomic E-state index is 0.0265. The monoisotopic (exact) mass is 325 g/mol. The molecular weight excluding hydrogens is 306 g/mol. The topological polar surface area (TPSA) is 66.8 Å². The smallest absolute Gasteiger partial charge is 0.305 e. The van der Waals surface area contributed by atoms with Crippen LogP contribution in [0.1, 0.15) is 35.2 Å². The summed E-state index contributed by atoms with van der Waals surface area (Å²) in [5.41, 5.74) is 1.23. The summed E-state index contributed by atoms with van der Waals surface area (Å²) < 4.78 is 5.56. The van der Waals surface area contributed by atoms with Gasteiger partial charge in [-0.05, 0) is 31.4 Å². The Morgan fingerprint density at radius 1 is 1.45 bits per heavy atom. The van der Waals surface area contributed by atoms with Gasteiger partial charge in [0.15, 0.2) is 0 Å². The lowest BCUT2D eigenvalue weighted by atomic mass is 10.1. The fourth-order valence-electron chi connectivity index (χ4n) is 2.52. The largest absolute Gasteiger partial charge is 0.481 e. The van der Waals surface area contributed by atoms with Crippen molar-refractivity contribution in [1.82, 2.24) is 4.90 Å². The maximum atomic E-state index is 12.7. The van der Waals surface area contributed by atoms with Crippen LogP contribution in [0.5, 0.6) is 0 Å². The molecule has 1 atom stereocenters. The number of rotatable bonds is 6. The zero-order valence-electron chi connectivity index (χ0n) is 12.5. The Labute approximate surface area is 134 Å². The van der Waals surface area contributed by atoms with E-state index in [1.165, 1.54) is 4.90 Å². The van der Waals surface area contributed by atoms with Gasteiger partial charge >= 0.3 is 5.97 Å². The second-order valence-corrected chi connectivity index (χ2v) is 5.84. The molecule has 0 saturated carbocycles. The molecule has 1 aromatic carbocycles. The molecule has 120 valence electrons. The highest BCUT2D eigenvalue weighted by molar-refractivity contribution is 6.34. The predicted molar refractivity (Wildman–Crippen MR) is 83.3 cm³/mol. The summed E-state index contributed by atoms with van der Waals surface area (Å²) in [6.07, 6.45) is 1.73. The van der Waals surface area contributed by atoms with E-state index in [1.807, 2.05) is 13.0 Å². The normalized spacial score (nSPS) is 17.5. The molecule has 6 heteroatoms. The molecule has 1 fully saturated rings. The molecule has 1 amide bonds. The molecule has 0 spiro atoms. The highest BCUT2D eigenvalue weighted by Crippen LogP contribution is 2.23. The summed E-state index contributed by atoms with van der Waals surface area (Å²) in [4.78, 5) is 25.1. The van der Waals surface area contributed by atoms with Gasteiger partial charge in [0.2, 0.25) is 0 Å². The maximum Gasteiger partial charge on any atom is 0.305 e. The average molecular weight is 326 g/mol. The average Bonchev–Trinajstić information content (AvgIpc) is 2.98. The van der Waals surface area contributed by atoms with E-state index in [0.717, 1.165) is 18.4 Å². The third kappa shape index (κ3) is 4.21. The van der Waals surface area contributed by atoms with Gasteiger partial charge in [-0.15, -0.1) is 0 Å². The van der Waals surface area contributed by atoms with Gasteiger partial charge in [-0.3, -0.25) is 9.59 Å². The second-order valence-electron chi connectivity index (χ2n) is 5.47. The number of aliphatic carboxylic acids is 1. The predicted octanol–water partition coefficient (Wildman–Crippen LogP) is 2.74. The fourth-order valence-corrected chi connectivity index (χ4v) is 2.73. The lowest BCUT2D eigenvalue weighted by molar-refractivity contribution is -0.137. The van der Waals surface area contributed by atoms with E-state index in [-0.39, 0.29) is 25.0 Å². The Balaban J connectivity index is 2.16. The van der Waals surface area contributed by atoms with Gasteiger partial charge in [0.25, 0.3) is 5.91 Å². The highest BCUT2D eigenvalue weighted by Gasteiger charge is 2.25. The maximum absolute atomic E-state index is 12.7. The number of ether oxygens (including phenoxy) is 1. The summed E-state index contributed by atoms with van der Waals surface area (Å²) in [6.45, 7) is 3.08. The fraction of sp³-hybridized carbons (Fsp3) is 0.500. The summed E-state index contributed by atoms with van der Waals surface area (Å²) >= 11 is 6.22. The van der Waals surface area contributed by atoms with Crippen molar-refractivity contribution in [3.05, 3.63) is 34.3 Å². The molecule has 1 aliphatic heterocycles. The third-order valence-electron chi connectivity index (χ3n) is 3.75. The molecule has 5 nitrogen and oxygen atoms in total. The number of carbonyl (C=O) groups is 2. The molecule has 1 aromatic rings. The van der Waals surface area contributed by atoms with Gasteiger partial charge in [0.1, 0.15) is 0 Å². The zero-order valence-corrected chi connectivity index (χ0v) is 13.3. The first-order valence-corrected chi connectivity index (χ1v) is 7.74. The summed E-state index contributed by atoms with van der Waals surface area (Å²) in [7, 11) is 0. The zero-order chi connectivity index (χ0) is 16.1. The number of amides is 1. The van der Waals surface area contributed by atoms with E-state index in [1.54, 1.807) is 12.1 Å². The van der Waals surface area contributed by atoms with Crippen molar-refractivity contribution in [3.63, 3.8) is 0 Å². The molecule has 1 heterocycles. The SMILES string of the molecule is Cc1cccc(C(=O)N(CCC(=O)O)CC2CCCO2)c1Cl. The Bertz CT molecular complexity index is 555. The van der Waals surface area contributed by atoms with Crippen molar-refractivity contribution >= 4 is 23.5 Å². The lowest BCUT2D eigenvalue weighted by Crippen LogP contribution is -2.39. The van der Waals surface area contributed by atoms with E-state index in [4.69, 9.17) is 21.4 Å². The van der Waals surface area contributed by atoms with Crippen molar-refractivity contribution in [1.29, 1.82) is 0 Å². The van der Waals surface area contributed by atoms with Crippen LogP contribution >= 0.6 is 11.6 Å². The van der Waals surface area contributed by atoms with Crippen LogP contribution in [-0.2, 0) is 9.53 Å². The number of hydrogen-bond acceptors (Lipinski definition) is 3. The third-order valence-corrected chi connectivity index (χ3v) is 4.25. The lowest BCUT2D eigenvalue weighted by Gasteiger charge is -2.25. The molecule has 0 aromatic heterocycles. The number of aryl methyl sites for hydroxylation is 1. The summed E-state index contributed by atoms with van der Waals surface area (Å²) in [5.74, 6) is -1.18. The van der Waals surface area contributed by atoms with Crippen molar-refractivity contribution in [2.45, 2.75) is 32.3 Å². The van der Waals surface area contributed by atoms with E-state index < -0.39 is 5.97 Å². The van der Waals surface area contributed by atoms with Crippen molar-refractivity contribution in [2.75, 3.05) is 19.7 Å². The van der Waals surface area contributed by atoms with Crippen LogP contribution in [0.2, 0.25) is 5.02 Å². The van der Waals surface area contributed by atoms with Crippen molar-refractivity contribution in [3.8, 4) is 0 Å². The minimum Gasteiger partial charge on any atom is -0.481 e. The first-order chi connectivity index (χ1) is 10.5. The number of halogens is 1. The van der Waals surface area contributed by atoms with Gasteiger partial charge in [-0.2, -0.15) is 0 Å². The minimum atomic E-state index is -0.930. The first kappa shape index (κ1) is 16.8. The van der Waals surface area contributed by atoms with Gasteiger partial charge in [0.05, 0.1) is 23.1 Å². The molecule has 0 bridgehead atoms. The van der Waals surface area contributed by atoms with E-state index in [0.29, 0.717) is 23.7 Å². The molecule has 0 aliphatic carbocycles. The quantitative estimate of drug-likeness (QED) is 0.873. The Morgan fingerprint density at radius 2 is 2.23 bits per heavy atom. The Kier molecular flexibility index (Phi) is 5.80. The van der Waals surface area contributed by atoms with Crippen LogP contribution in [0, 0.1) is 6.92 Å². The van der Waals surface area contributed by atoms with Crippen LogP contribution in [0.3, 0.4) is 0 Å². The second kappa shape index (κ2) is 7.61. The van der Waals surface area contributed by atoms with Gasteiger partial charge in [-0.25, -0.2) is 0 Å². The number of hydrogen-bond donors (Lipinski definition) is 1. The number of carbonyl (C=O) groups excluding carboxylic acids is 1. The number of carboxylic acid groups (broad SMARTS) is 1.